The minimum Gasteiger partial charge on any atom is -0.378 e. The van der Waals surface area contributed by atoms with Crippen LogP contribution in [0.2, 0.25) is 0 Å². The normalized spacial score (nSPS) is 21.8. The molecule has 1 aromatic carbocycles. The Bertz CT molecular complexity index is 1010. The van der Waals surface area contributed by atoms with Crippen LogP contribution in [-0.2, 0) is 9.53 Å². The molecule has 1 aliphatic carbocycles. The second kappa shape index (κ2) is 6.91. The molecule has 28 heavy (non-hydrogen) atoms. The summed E-state index contributed by atoms with van der Waals surface area (Å²) in [5.74, 6) is 0.852. The molecule has 0 bridgehead atoms. The molecular weight excluding hydrogens is 356 g/mol. The lowest BCUT2D eigenvalue weighted by molar-refractivity contribution is -0.116. The first-order valence-electron chi connectivity index (χ1n) is 9.77. The quantitative estimate of drug-likeness (QED) is 0.833. The number of anilines is 2. The molecular formula is C21H22N4O3. The standard InChI is InChI=1S/C21H22N4O3/c26-15-8-4-7-14-17(15)16(13-5-2-1-3-6-13)18-19(22-14)23-21(24-20(18)27)25-9-11-28-12-10-25/h1-3,5-6,16H,4,7-12H2,(H2,22,23,24,27)/t16-/m0/s1. The second-order valence-electron chi connectivity index (χ2n) is 7.39. The Balaban J connectivity index is 1.67. The van der Waals surface area contributed by atoms with Crippen LogP contribution >= 0.6 is 0 Å². The number of H-pyrrole nitrogens is 1. The number of benzene rings is 1. The van der Waals surface area contributed by atoms with Gasteiger partial charge in [-0.05, 0) is 18.4 Å². The molecule has 0 amide bonds. The zero-order valence-corrected chi connectivity index (χ0v) is 15.5. The van der Waals surface area contributed by atoms with Crippen molar-refractivity contribution in [3.8, 4) is 0 Å². The van der Waals surface area contributed by atoms with E-state index in [9.17, 15) is 9.59 Å². The number of carbonyl (C=O) groups excluding carboxylic acids is 1. The first-order valence-corrected chi connectivity index (χ1v) is 9.77. The number of carbonyl (C=O) groups is 1. The van der Waals surface area contributed by atoms with E-state index in [4.69, 9.17) is 9.72 Å². The van der Waals surface area contributed by atoms with E-state index in [1.165, 1.54) is 0 Å². The van der Waals surface area contributed by atoms with Crippen LogP contribution in [0.5, 0.6) is 0 Å². The van der Waals surface area contributed by atoms with Crippen LogP contribution in [0.15, 0.2) is 46.4 Å². The van der Waals surface area contributed by atoms with E-state index < -0.39 is 0 Å². The third-order valence-electron chi connectivity index (χ3n) is 5.69. The summed E-state index contributed by atoms with van der Waals surface area (Å²) in [4.78, 5) is 35.7. The van der Waals surface area contributed by atoms with Gasteiger partial charge in [-0.3, -0.25) is 14.6 Å². The van der Waals surface area contributed by atoms with E-state index >= 15 is 0 Å². The van der Waals surface area contributed by atoms with Crippen LogP contribution in [0.25, 0.3) is 0 Å². The highest BCUT2D eigenvalue weighted by molar-refractivity contribution is 6.00. The highest BCUT2D eigenvalue weighted by Crippen LogP contribution is 2.43. The van der Waals surface area contributed by atoms with Crippen molar-refractivity contribution in [2.45, 2.75) is 25.2 Å². The van der Waals surface area contributed by atoms with E-state index in [0.717, 1.165) is 29.7 Å². The highest BCUT2D eigenvalue weighted by atomic mass is 16.5. The first-order chi connectivity index (χ1) is 13.7. The number of nitrogens with one attached hydrogen (secondary N) is 2. The molecule has 1 atom stereocenters. The zero-order chi connectivity index (χ0) is 19.1. The summed E-state index contributed by atoms with van der Waals surface area (Å²) in [7, 11) is 0. The number of ether oxygens (including phenoxy) is 1. The van der Waals surface area contributed by atoms with Crippen molar-refractivity contribution in [3.63, 3.8) is 0 Å². The molecule has 0 unspecified atom stereocenters. The van der Waals surface area contributed by atoms with Gasteiger partial charge in [0.05, 0.1) is 18.8 Å². The van der Waals surface area contributed by atoms with Gasteiger partial charge in [-0.1, -0.05) is 30.3 Å². The molecule has 2 aliphatic heterocycles. The molecule has 0 spiro atoms. The van der Waals surface area contributed by atoms with Crippen molar-refractivity contribution in [1.29, 1.82) is 0 Å². The van der Waals surface area contributed by atoms with Crippen LogP contribution < -0.4 is 15.8 Å². The highest BCUT2D eigenvalue weighted by Gasteiger charge is 2.38. The fourth-order valence-corrected chi connectivity index (χ4v) is 4.35. The number of Topliss-reactive ketones (excluding diaryl/α,β-unsaturated/α-hetero) is 1. The van der Waals surface area contributed by atoms with Crippen molar-refractivity contribution in [1.82, 2.24) is 9.97 Å². The molecule has 2 aromatic rings. The lowest BCUT2D eigenvalue weighted by atomic mass is 9.76. The van der Waals surface area contributed by atoms with Crippen LogP contribution in [0.4, 0.5) is 11.8 Å². The number of ketones is 1. The Labute approximate surface area is 162 Å². The van der Waals surface area contributed by atoms with E-state index in [1.54, 1.807) is 0 Å². The number of fused-ring (bicyclic) bond motifs is 1. The van der Waals surface area contributed by atoms with Crippen molar-refractivity contribution < 1.29 is 9.53 Å². The third kappa shape index (κ3) is 2.82. The van der Waals surface area contributed by atoms with Gasteiger partial charge in [0.15, 0.2) is 5.78 Å². The predicted molar refractivity (Wildman–Crippen MR) is 106 cm³/mol. The number of hydrogen-bond acceptors (Lipinski definition) is 6. The average Bonchev–Trinajstić information content (AvgIpc) is 2.73. The number of aromatic nitrogens is 2. The maximum absolute atomic E-state index is 13.2. The molecule has 2 N–H and O–H groups in total. The van der Waals surface area contributed by atoms with Gasteiger partial charge in [0.1, 0.15) is 5.82 Å². The fourth-order valence-electron chi connectivity index (χ4n) is 4.35. The Morgan fingerprint density at radius 2 is 1.86 bits per heavy atom. The van der Waals surface area contributed by atoms with Crippen LogP contribution in [-0.4, -0.2) is 42.1 Å². The first kappa shape index (κ1) is 17.2. The number of allylic oxidation sites excluding steroid dienone is 2. The molecule has 0 saturated carbocycles. The largest absolute Gasteiger partial charge is 0.378 e. The van der Waals surface area contributed by atoms with Crippen LogP contribution in [0.1, 0.15) is 36.3 Å². The fraction of sp³-hybridized carbons (Fsp3) is 0.381. The Hall–Kier alpha value is -2.93. The van der Waals surface area contributed by atoms with Crippen LogP contribution in [0, 0.1) is 0 Å². The molecule has 1 saturated heterocycles. The van der Waals surface area contributed by atoms with Gasteiger partial charge >= 0.3 is 0 Å². The molecule has 1 fully saturated rings. The minimum absolute atomic E-state index is 0.116. The lowest BCUT2D eigenvalue weighted by Crippen LogP contribution is -2.40. The Morgan fingerprint density at radius 1 is 1.07 bits per heavy atom. The van der Waals surface area contributed by atoms with Crippen molar-refractivity contribution in [3.05, 3.63) is 63.1 Å². The second-order valence-corrected chi connectivity index (χ2v) is 7.39. The maximum Gasteiger partial charge on any atom is 0.258 e. The van der Waals surface area contributed by atoms with Gasteiger partial charge < -0.3 is 15.0 Å². The summed E-state index contributed by atoms with van der Waals surface area (Å²) in [5.41, 5.74) is 2.90. The molecule has 7 heteroatoms. The Kier molecular flexibility index (Phi) is 4.24. The monoisotopic (exact) mass is 378 g/mol. The molecule has 0 radical (unpaired) electrons. The third-order valence-corrected chi connectivity index (χ3v) is 5.69. The van der Waals surface area contributed by atoms with Gasteiger partial charge in [0, 0.05) is 36.7 Å². The summed E-state index contributed by atoms with van der Waals surface area (Å²) in [5, 5.41) is 3.32. The summed E-state index contributed by atoms with van der Waals surface area (Å²) < 4.78 is 5.40. The molecule has 7 nitrogen and oxygen atoms in total. The summed E-state index contributed by atoms with van der Waals surface area (Å²) in [6, 6.07) is 9.76. The number of nitrogens with zero attached hydrogens (tertiary/aromatic N) is 2. The minimum atomic E-state index is -0.379. The van der Waals surface area contributed by atoms with Crippen molar-refractivity contribution in [2.75, 3.05) is 36.5 Å². The van der Waals surface area contributed by atoms with Gasteiger partial charge in [-0.2, -0.15) is 4.98 Å². The molecule has 144 valence electrons. The summed E-state index contributed by atoms with van der Waals surface area (Å²) >= 11 is 0. The van der Waals surface area contributed by atoms with Crippen molar-refractivity contribution in [2.24, 2.45) is 0 Å². The topological polar surface area (TPSA) is 87.3 Å². The average molecular weight is 378 g/mol. The summed E-state index contributed by atoms with van der Waals surface area (Å²) in [6.45, 7) is 2.61. The molecule has 3 aliphatic rings. The van der Waals surface area contributed by atoms with E-state index in [0.29, 0.717) is 50.1 Å². The van der Waals surface area contributed by atoms with Crippen molar-refractivity contribution >= 4 is 17.5 Å². The lowest BCUT2D eigenvalue weighted by Gasteiger charge is -2.34. The van der Waals surface area contributed by atoms with Crippen LogP contribution in [0.3, 0.4) is 0 Å². The predicted octanol–water partition coefficient (Wildman–Crippen LogP) is 2.17. The molecule has 3 heterocycles. The van der Waals surface area contributed by atoms with Gasteiger partial charge in [0.2, 0.25) is 5.95 Å². The van der Waals surface area contributed by atoms with E-state index in [2.05, 4.69) is 10.3 Å². The number of morpholine rings is 1. The SMILES string of the molecule is O=C1CCCC2=C1[C@H](c1ccccc1)c1c(nc(N3CCOCC3)[nH]c1=O)N2. The number of hydrogen-bond donors (Lipinski definition) is 2. The Morgan fingerprint density at radius 3 is 2.64 bits per heavy atom. The van der Waals surface area contributed by atoms with E-state index in [1.807, 2.05) is 35.2 Å². The number of rotatable bonds is 2. The summed E-state index contributed by atoms with van der Waals surface area (Å²) in [6.07, 6.45) is 2.14. The van der Waals surface area contributed by atoms with Gasteiger partial charge in [-0.25, -0.2) is 0 Å². The zero-order valence-electron chi connectivity index (χ0n) is 15.5. The van der Waals surface area contributed by atoms with Gasteiger partial charge in [0.25, 0.3) is 5.56 Å². The maximum atomic E-state index is 13.2. The molecule has 5 rings (SSSR count). The van der Waals surface area contributed by atoms with E-state index in [-0.39, 0.29) is 17.3 Å². The smallest absolute Gasteiger partial charge is 0.258 e. The number of aromatic amines is 1. The van der Waals surface area contributed by atoms with Gasteiger partial charge in [-0.15, -0.1) is 0 Å². The molecule has 1 aromatic heterocycles.